The minimum Gasteiger partial charge on any atom is -0.481 e. The highest BCUT2D eigenvalue weighted by molar-refractivity contribution is 5.75. The van der Waals surface area contributed by atoms with Crippen LogP contribution < -0.4 is 0 Å². The molecule has 0 aromatic heterocycles. The summed E-state index contributed by atoms with van der Waals surface area (Å²) in [6, 6.07) is 10.8. The van der Waals surface area contributed by atoms with Gasteiger partial charge in [-0.2, -0.15) is 0 Å². The van der Waals surface area contributed by atoms with Gasteiger partial charge in [0, 0.05) is 12.6 Å². The molecule has 2 atom stereocenters. The molecule has 1 aromatic rings. The Labute approximate surface area is 121 Å². The van der Waals surface area contributed by atoms with E-state index in [0.29, 0.717) is 19.0 Å². The lowest BCUT2D eigenvalue weighted by atomic mass is 9.77. The molecule has 0 saturated carbocycles. The molecule has 1 fully saturated rings. The molecule has 3 nitrogen and oxygen atoms in total. The van der Waals surface area contributed by atoms with Crippen LogP contribution in [0, 0.1) is 5.41 Å². The highest BCUT2D eigenvalue weighted by Crippen LogP contribution is 2.38. The van der Waals surface area contributed by atoms with Crippen LogP contribution in [0.25, 0.3) is 0 Å². The van der Waals surface area contributed by atoms with Gasteiger partial charge < -0.3 is 5.11 Å². The third-order valence-electron chi connectivity index (χ3n) is 4.75. The van der Waals surface area contributed by atoms with Gasteiger partial charge in [-0.3, -0.25) is 9.69 Å². The highest BCUT2D eigenvalue weighted by atomic mass is 16.4. The van der Waals surface area contributed by atoms with Crippen molar-refractivity contribution in [2.24, 2.45) is 5.41 Å². The van der Waals surface area contributed by atoms with Crippen molar-refractivity contribution in [2.75, 3.05) is 13.1 Å². The Bertz CT molecular complexity index is 446. The Kier molecular flexibility index (Phi) is 4.81. The highest BCUT2D eigenvalue weighted by Gasteiger charge is 2.42. The second kappa shape index (κ2) is 6.40. The van der Waals surface area contributed by atoms with E-state index in [-0.39, 0.29) is 0 Å². The zero-order valence-corrected chi connectivity index (χ0v) is 12.5. The summed E-state index contributed by atoms with van der Waals surface area (Å²) in [6.45, 7) is 5.86. The van der Waals surface area contributed by atoms with Crippen LogP contribution in [-0.2, 0) is 4.79 Å². The molecule has 1 aromatic carbocycles. The van der Waals surface area contributed by atoms with Crippen molar-refractivity contribution in [3.8, 4) is 0 Å². The summed E-state index contributed by atoms with van der Waals surface area (Å²) in [7, 11) is 0. The summed E-state index contributed by atoms with van der Waals surface area (Å²) in [5, 5.41) is 9.60. The topological polar surface area (TPSA) is 40.5 Å². The van der Waals surface area contributed by atoms with Crippen LogP contribution in [0.2, 0.25) is 0 Å². The number of hydrogen-bond donors (Lipinski definition) is 1. The van der Waals surface area contributed by atoms with E-state index in [9.17, 15) is 9.90 Å². The predicted molar refractivity (Wildman–Crippen MR) is 80.6 cm³/mol. The second-order valence-corrected chi connectivity index (χ2v) is 5.85. The van der Waals surface area contributed by atoms with Gasteiger partial charge in [-0.15, -0.1) is 0 Å². The molecule has 2 unspecified atom stereocenters. The van der Waals surface area contributed by atoms with Crippen molar-refractivity contribution >= 4 is 5.97 Å². The molecule has 1 saturated heterocycles. The number of benzene rings is 1. The average Bonchev–Trinajstić information content (AvgIpc) is 2.49. The van der Waals surface area contributed by atoms with E-state index in [1.54, 1.807) is 0 Å². The molecule has 0 radical (unpaired) electrons. The summed E-state index contributed by atoms with van der Waals surface area (Å²) in [4.78, 5) is 14.0. The van der Waals surface area contributed by atoms with E-state index in [4.69, 9.17) is 0 Å². The summed E-state index contributed by atoms with van der Waals surface area (Å²) in [5.74, 6) is -0.632. The monoisotopic (exact) mass is 275 g/mol. The van der Waals surface area contributed by atoms with Crippen molar-refractivity contribution in [2.45, 2.75) is 45.6 Å². The van der Waals surface area contributed by atoms with E-state index in [2.05, 4.69) is 36.1 Å². The SMILES string of the molecule is CCC(c1ccccc1)N1CCCC(CC)(C(=O)O)C1. The van der Waals surface area contributed by atoms with Gasteiger partial charge in [-0.25, -0.2) is 0 Å². The summed E-state index contributed by atoms with van der Waals surface area (Å²) >= 11 is 0. The Morgan fingerprint density at radius 2 is 2.05 bits per heavy atom. The molecular formula is C17H25NO2. The number of aliphatic carboxylic acids is 1. The number of hydrogen-bond acceptors (Lipinski definition) is 2. The molecule has 1 N–H and O–H groups in total. The van der Waals surface area contributed by atoms with Gasteiger partial charge in [0.25, 0.3) is 0 Å². The maximum absolute atomic E-state index is 11.7. The molecule has 1 aliphatic heterocycles. The van der Waals surface area contributed by atoms with Gasteiger partial charge in [0.1, 0.15) is 0 Å². The molecule has 110 valence electrons. The Balaban J connectivity index is 2.21. The number of likely N-dealkylation sites (tertiary alicyclic amines) is 1. The van der Waals surface area contributed by atoms with Crippen LogP contribution in [0.4, 0.5) is 0 Å². The van der Waals surface area contributed by atoms with Gasteiger partial charge in [-0.05, 0) is 37.8 Å². The van der Waals surface area contributed by atoms with Crippen LogP contribution in [0.15, 0.2) is 30.3 Å². The van der Waals surface area contributed by atoms with Crippen LogP contribution in [0.5, 0.6) is 0 Å². The van der Waals surface area contributed by atoms with Gasteiger partial charge in [0.2, 0.25) is 0 Å². The number of carboxylic acid groups (broad SMARTS) is 1. The maximum Gasteiger partial charge on any atom is 0.310 e. The molecular weight excluding hydrogens is 250 g/mol. The lowest BCUT2D eigenvalue weighted by Gasteiger charge is -2.43. The molecule has 0 aliphatic carbocycles. The molecule has 1 aliphatic rings. The number of carbonyl (C=O) groups is 1. The third kappa shape index (κ3) is 2.88. The molecule has 20 heavy (non-hydrogen) atoms. The fourth-order valence-corrected chi connectivity index (χ4v) is 3.43. The summed E-state index contributed by atoms with van der Waals surface area (Å²) < 4.78 is 0. The normalized spacial score (nSPS) is 25.3. The minimum atomic E-state index is -0.632. The number of piperidine rings is 1. The van der Waals surface area contributed by atoms with Gasteiger partial charge in [-0.1, -0.05) is 44.2 Å². The smallest absolute Gasteiger partial charge is 0.310 e. The van der Waals surface area contributed by atoms with E-state index < -0.39 is 11.4 Å². The van der Waals surface area contributed by atoms with Crippen LogP contribution in [0.3, 0.4) is 0 Å². The van der Waals surface area contributed by atoms with E-state index in [1.807, 2.05) is 13.0 Å². The average molecular weight is 275 g/mol. The van der Waals surface area contributed by atoms with Crippen molar-refractivity contribution in [3.05, 3.63) is 35.9 Å². The fraction of sp³-hybridized carbons (Fsp3) is 0.588. The first-order valence-corrected chi connectivity index (χ1v) is 7.65. The first-order chi connectivity index (χ1) is 9.63. The van der Waals surface area contributed by atoms with Gasteiger partial charge in [0.15, 0.2) is 0 Å². The first kappa shape index (κ1) is 15.0. The lowest BCUT2D eigenvalue weighted by molar-refractivity contribution is -0.153. The van der Waals surface area contributed by atoms with Crippen LogP contribution in [0.1, 0.15) is 51.1 Å². The Morgan fingerprint density at radius 3 is 2.60 bits per heavy atom. The molecule has 0 bridgehead atoms. The molecule has 3 heteroatoms. The molecule has 2 rings (SSSR count). The lowest BCUT2D eigenvalue weighted by Crippen LogP contribution is -2.48. The van der Waals surface area contributed by atoms with Crippen molar-refractivity contribution in [1.29, 1.82) is 0 Å². The molecule has 1 heterocycles. The zero-order valence-electron chi connectivity index (χ0n) is 12.5. The summed E-state index contributed by atoms with van der Waals surface area (Å²) in [5.41, 5.74) is 0.743. The molecule has 0 amide bonds. The number of carboxylic acids is 1. The van der Waals surface area contributed by atoms with Crippen molar-refractivity contribution in [1.82, 2.24) is 4.90 Å². The van der Waals surface area contributed by atoms with Crippen LogP contribution >= 0.6 is 0 Å². The van der Waals surface area contributed by atoms with Crippen molar-refractivity contribution < 1.29 is 9.90 Å². The van der Waals surface area contributed by atoms with Crippen LogP contribution in [-0.4, -0.2) is 29.1 Å². The third-order valence-corrected chi connectivity index (χ3v) is 4.75. The van der Waals surface area contributed by atoms with E-state index >= 15 is 0 Å². The number of nitrogens with zero attached hydrogens (tertiary/aromatic N) is 1. The van der Waals surface area contributed by atoms with Gasteiger partial charge >= 0.3 is 5.97 Å². The predicted octanol–water partition coefficient (Wildman–Crippen LogP) is 3.71. The molecule has 0 spiro atoms. The maximum atomic E-state index is 11.7. The standard InChI is InChI=1S/C17H25NO2/c1-3-15(14-9-6-5-7-10-14)18-12-8-11-17(4-2,13-18)16(19)20/h5-7,9-10,15H,3-4,8,11-13H2,1-2H3,(H,19,20). The van der Waals surface area contributed by atoms with Crippen molar-refractivity contribution in [3.63, 3.8) is 0 Å². The van der Waals surface area contributed by atoms with E-state index in [0.717, 1.165) is 25.8 Å². The second-order valence-electron chi connectivity index (χ2n) is 5.85. The largest absolute Gasteiger partial charge is 0.481 e. The quantitative estimate of drug-likeness (QED) is 0.890. The summed E-state index contributed by atoms with van der Waals surface area (Å²) in [6.07, 6.45) is 3.51. The fourth-order valence-electron chi connectivity index (χ4n) is 3.43. The minimum absolute atomic E-state index is 0.335. The first-order valence-electron chi connectivity index (χ1n) is 7.65. The Hall–Kier alpha value is -1.35. The number of rotatable bonds is 5. The van der Waals surface area contributed by atoms with E-state index in [1.165, 1.54) is 5.56 Å². The van der Waals surface area contributed by atoms with Gasteiger partial charge in [0.05, 0.1) is 5.41 Å². The zero-order chi connectivity index (χ0) is 14.6. The Morgan fingerprint density at radius 1 is 1.35 bits per heavy atom.